The molecule has 1 aliphatic heterocycles. The summed E-state index contributed by atoms with van der Waals surface area (Å²) in [4.78, 5) is 27.7. The maximum Gasteiger partial charge on any atom is 0.341 e. The van der Waals surface area contributed by atoms with Gasteiger partial charge in [-0.15, -0.1) is 5.10 Å². The van der Waals surface area contributed by atoms with Crippen LogP contribution in [0.15, 0.2) is 27.5 Å². The van der Waals surface area contributed by atoms with Gasteiger partial charge in [0.1, 0.15) is 5.76 Å². The SMILES string of the molecule is Cc1cccc(Nc2noc3c2CN(C(=O)c2n[nH]c(=O)[nH]2)CC3)c1C. The molecular formula is C17H18N6O3. The lowest BCUT2D eigenvalue weighted by atomic mass is 10.1. The van der Waals surface area contributed by atoms with E-state index in [4.69, 9.17) is 4.52 Å². The molecule has 4 rings (SSSR count). The van der Waals surface area contributed by atoms with E-state index in [9.17, 15) is 9.59 Å². The zero-order valence-corrected chi connectivity index (χ0v) is 14.4. The van der Waals surface area contributed by atoms with Crippen LogP contribution in [-0.4, -0.2) is 37.7 Å². The summed E-state index contributed by atoms with van der Waals surface area (Å²) in [7, 11) is 0. The van der Waals surface area contributed by atoms with Gasteiger partial charge in [-0.2, -0.15) is 0 Å². The van der Waals surface area contributed by atoms with E-state index >= 15 is 0 Å². The minimum absolute atomic E-state index is 0.000980. The minimum atomic E-state index is -0.506. The molecule has 9 heteroatoms. The Hall–Kier alpha value is -3.36. The lowest BCUT2D eigenvalue weighted by molar-refractivity contribution is 0.0717. The van der Waals surface area contributed by atoms with Gasteiger partial charge < -0.3 is 14.7 Å². The van der Waals surface area contributed by atoms with E-state index in [1.807, 2.05) is 32.0 Å². The predicted molar refractivity (Wildman–Crippen MR) is 93.4 cm³/mol. The van der Waals surface area contributed by atoms with Gasteiger partial charge in [0, 0.05) is 18.7 Å². The molecule has 3 N–H and O–H groups in total. The molecule has 0 saturated carbocycles. The van der Waals surface area contributed by atoms with Gasteiger partial charge in [-0.1, -0.05) is 17.3 Å². The zero-order valence-electron chi connectivity index (χ0n) is 14.4. The number of aromatic amines is 2. The van der Waals surface area contributed by atoms with Crippen molar-refractivity contribution in [2.75, 3.05) is 11.9 Å². The van der Waals surface area contributed by atoms with E-state index in [0.29, 0.717) is 25.3 Å². The monoisotopic (exact) mass is 354 g/mol. The Morgan fingerprint density at radius 1 is 1.35 bits per heavy atom. The molecule has 1 amide bonds. The summed E-state index contributed by atoms with van der Waals surface area (Å²) in [6.45, 7) is 4.89. The van der Waals surface area contributed by atoms with Crippen LogP contribution < -0.4 is 11.0 Å². The first-order valence-electron chi connectivity index (χ1n) is 8.27. The number of benzene rings is 1. The fourth-order valence-electron chi connectivity index (χ4n) is 3.02. The Bertz CT molecular complexity index is 1030. The van der Waals surface area contributed by atoms with Crippen molar-refractivity contribution in [3.05, 3.63) is 57.0 Å². The van der Waals surface area contributed by atoms with Crippen molar-refractivity contribution in [2.45, 2.75) is 26.8 Å². The second-order valence-corrected chi connectivity index (χ2v) is 6.31. The van der Waals surface area contributed by atoms with Gasteiger partial charge in [0.15, 0.2) is 5.82 Å². The van der Waals surface area contributed by atoms with E-state index in [0.717, 1.165) is 22.6 Å². The highest BCUT2D eigenvalue weighted by molar-refractivity contribution is 5.90. The first-order chi connectivity index (χ1) is 12.5. The Morgan fingerprint density at radius 2 is 2.19 bits per heavy atom. The fraction of sp³-hybridized carbons (Fsp3) is 0.294. The molecule has 0 unspecified atom stereocenters. The Balaban J connectivity index is 1.59. The van der Waals surface area contributed by atoms with Crippen LogP contribution in [-0.2, 0) is 13.0 Å². The summed E-state index contributed by atoms with van der Waals surface area (Å²) in [5, 5.41) is 13.3. The number of anilines is 2. The van der Waals surface area contributed by atoms with Crippen LogP contribution in [0.2, 0.25) is 0 Å². The number of nitrogens with zero attached hydrogens (tertiary/aromatic N) is 3. The largest absolute Gasteiger partial charge is 0.359 e. The highest BCUT2D eigenvalue weighted by Gasteiger charge is 2.29. The number of carbonyl (C=O) groups excluding carboxylic acids is 1. The minimum Gasteiger partial charge on any atom is -0.359 e. The summed E-state index contributed by atoms with van der Waals surface area (Å²) >= 11 is 0. The fourth-order valence-corrected chi connectivity index (χ4v) is 3.02. The number of nitrogens with one attached hydrogen (secondary N) is 3. The van der Waals surface area contributed by atoms with Gasteiger partial charge in [0.2, 0.25) is 5.82 Å². The number of amides is 1. The molecular weight excluding hydrogens is 336 g/mol. The maximum atomic E-state index is 12.5. The average Bonchev–Trinajstić information content (AvgIpc) is 3.24. The summed E-state index contributed by atoms with van der Waals surface area (Å²) in [6, 6.07) is 5.99. The first kappa shape index (κ1) is 16.1. The van der Waals surface area contributed by atoms with Gasteiger partial charge in [-0.05, 0) is 31.0 Å². The number of hydrogen-bond acceptors (Lipinski definition) is 6. The van der Waals surface area contributed by atoms with Crippen molar-refractivity contribution in [3.8, 4) is 0 Å². The molecule has 9 nitrogen and oxygen atoms in total. The average molecular weight is 354 g/mol. The Labute approximate surface area is 148 Å². The molecule has 0 fully saturated rings. The van der Waals surface area contributed by atoms with E-state index in [2.05, 4.69) is 25.7 Å². The van der Waals surface area contributed by atoms with Crippen LogP contribution in [0.3, 0.4) is 0 Å². The number of rotatable bonds is 3. The number of fused-ring (bicyclic) bond motifs is 1. The maximum absolute atomic E-state index is 12.5. The van der Waals surface area contributed by atoms with E-state index in [1.54, 1.807) is 4.90 Å². The summed E-state index contributed by atoms with van der Waals surface area (Å²) in [6.07, 6.45) is 0.553. The van der Waals surface area contributed by atoms with Crippen molar-refractivity contribution >= 4 is 17.4 Å². The van der Waals surface area contributed by atoms with E-state index in [1.165, 1.54) is 5.56 Å². The smallest absolute Gasteiger partial charge is 0.341 e. The number of carbonyl (C=O) groups is 1. The number of H-pyrrole nitrogens is 2. The zero-order chi connectivity index (χ0) is 18.3. The molecule has 1 aromatic carbocycles. The molecule has 0 saturated heterocycles. The van der Waals surface area contributed by atoms with Crippen LogP contribution >= 0.6 is 0 Å². The number of aryl methyl sites for hydroxylation is 1. The molecule has 3 aromatic rings. The summed E-state index contributed by atoms with van der Waals surface area (Å²) in [5.41, 5.74) is 3.58. The van der Waals surface area contributed by atoms with Crippen LogP contribution in [0.4, 0.5) is 11.5 Å². The lowest BCUT2D eigenvalue weighted by Crippen LogP contribution is -2.36. The third-order valence-electron chi connectivity index (χ3n) is 4.68. The van der Waals surface area contributed by atoms with Crippen molar-refractivity contribution in [2.24, 2.45) is 0 Å². The quantitative estimate of drug-likeness (QED) is 0.658. The Kier molecular flexibility index (Phi) is 3.83. The van der Waals surface area contributed by atoms with Gasteiger partial charge >= 0.3 is 5.69 Å². The highest BCUT2D eigenvalue weighted by atomic mass is 16.5. The molecule has 0 atom stereocenters. The number of hydrogen-bond donors (Lipinski definition) is 3. The van der Waals surface area contributed by atoms with Gasteiger partial charge in [-0.25, -0.2) is 9.89 Å². The molecule has 0 bridgehead atoms. The molecule has 2 aromatic heterocycles. The van der Waals surface area contributed by atoms with Gasteiger partial charge in [0.05, 0.1) is 12.1 Å². The topological polar surface area (TPSA) is 120 Å². The normalized spacial score (nSPS) is 13.5. The van der Waals surface area contributed by atoms with Crippen molar-refractivity contribution < 1.29 is 9.32 Å². The highest BCUT2D eigenvalue weighted by Crippen LogP contribution is 2.30. The van der Waals surface area contributed by atoms with Gasteiger partial charge in [0.25, 0.3) is 5.91 Å². The third kappa shape index (κ3) is 2.77. The van der Waals surface area contributed by atoms with Gasteiger partial charge in [-0.3, -0.25) is 9.78 Å². The molecule has 1 aliphatic rings. The lowest BCUT2D eigenvalue weighted by Gasteiger charge is -2.25. The van der Waals surface area contributed by atoms with Crippen LogP contribution in [0.1, 0.15) is 33.1 Å². The second kappa shape index (κ2) is 6.17. The first-order valence-corrected chi connectivity index (χ1v) is 8.27. The van der Waals surface area contributed by atoms with E-state index < -0.39 is 5.69 Å². The summed E-state index contributed by atoms with van der Waals surface area (Å²) < 4.78 is 5.44. The molecule has 0 aliphatic carbocycles. The standard InChI is InChI=1S/C17H18N6O3/c1-9-4-3-5-12(10(9)2)18-14-11-8-23(7-6-13(11)26-22-14)16(24)15-19-17(25)21-20-15/h3-5H,6-8H2,1-2H3,(H,18,22)(H2,19,20,21,25). The van der Waals surface area contributed by atoms with Crippen LogP contribution in [0, 0.1) is 13.8 Å². The second-order valence-electron chi connectivity index (χ2n) is 6.31. The van der Waals surface area contributed by atoms with E-state index in [-0.39, 0.29) is 11.7 Å². The molecule has 26 heavy (non-hydrogen) atoms. The van der Waals surface area contributed by atoms with Crippen molar-refractivity contribution in [1.82, 2.24) is 25.2 Å². The Morgan fingerprint density at radius 3 is 2.96 bits per heavy atom. The molecule has 0 spiro atoms. The third-order valence-corrected chi connectivity index (χ3v) is 4.68. The van der Waals surface area contributed by atoms with Crippen molar-refractivity contribution in [1.29, 1.82) is 0 Å². The molecule has 3 heterocycles. The van der Waals surface area contributed by atoms with Crippen molar-refractivity contribution in [3.63, 3.8) is 0 Å². The van der Waals surface area contributed by atoms with Crippen LogP contribution in [0.5, 0.6) is 0 Å². The van der Waals surface area contributed by atoms with Crippen LogP contribution in [0.25, 0.3) is 0 Å². The summed E-state index contributed by atoms with van der Waals surface area (Å²) in [5.74, 6) is 1.02. The number of aromatic nitrogens is 4. The molecule has 134 valence electrons. The molecule has 0 radical (unpaired) electrons. The predicted octanol–water partition coefficient (Wildman–Crippen LogP) is 1.64.